The third-order valence-electron chi connectivity index (χ3n) is 3.95. The average Bonchev–Trinajstić information content (AvgIpc) is 2.61. The maximum Gasteiger partial charge on any atom is 0.162 e. The van der Waals surface area contributed by atoms with Crippen LogP contribution in [0.25, 0.3) is 0 Å². The van der Waals surface area contributed by atoms with E-state index in [2.05, 4.69) is 40.2 Å². The molecule has 0 amide bonds. The van der Waals surface area contributed by atoms with Crippen molar-refractivity contribution in [1.82, 2.24) is 10.2 Å². The number of nitrogens with one attached hydrogen (secondary N) is 1. The van der Waals surface area contributed by atoms with Crippen molar-refractivity contribution in [2.75, 3.05) is 34.3 Å². The molecule has 0 bridgehead atoms. The van der Waals surface area contributed by atoms with Crippen LogP contribution in [0.4, 0.5) is 0 Å². The number of nitrogens with zero attached hydrogens (tertiary/aromatic N) is 1. The van der Waals surface area contributed by atoms with E-state index in [1.165, 1.54) is 0 Å². The van der Waals surface area contributed by atoms with Crippen molar-refractivity contribution >= 4 is 27.5 Å². The van der Waals surface area contributed by atoms with E-state index < -0.39 is 0 Å². The fourth-order valence-corrected chi connectivity index (χ4v) is 3.15. The van der Waals surface area contributed by atoms with Crippen LogP contribution in [0.5, 0.6) is 11.5 Å². The van der Waals surface area contributed by atoms with Gasteiger partial charge in [0.15, 0.2) is 11.5 Å². The van der Waals surface area contributed by atoms with Gasteiger partial charge < -0.3 is 19.7 Å². The lowest BCUT2D eigenvalue weighted by molar-refractivity contribution is 0.284. The summed E-state index contributed by atoms with van der Waals surface area (Å²) in [4.78, 5) is 2.19. The lowest BCUT2D eigenvalue weighted by Gasteiger charge is -2.15. The Labute approximate surface area is 169 Å². The fraction of sp³-hybridized carbons (Fsp3) is 0.400. The molecule has 0 spiro atoms. The van der Waals surface area contributed by atoms with Gasteiger partial charge in [-0.25, -0.2) is 0 Å². The Morgan fingerprint density at radius 3 is 2.58 bits per heavy atom. The van der Waals surface area contributed by atoms with Crippen molar-refractivity contribution < 1.29 is 9.47 Å². The van der Waals surface area contributed by atoms with Crippen LogP contribution in [-0.2, 0) is 13.2 Å². The standard InChI is InChI=1S/C20H26BrClN2O2/c1-24(2)10-6-9-23-13-16-11-19(25-3)20(12-17(16)21)26-14-15-7-4-5-8-18(15)22/h4-5,7-8,11-12,23H,6,9-10,13-14H2,1-3H3. The molecule has 0 fully saturated rings. The summed E-state index contributed by atoms with van der Waals surface area (Å²) in [7, 11) is 5.82. The summed E-state index contributed by atoms with van der Waals surface area (Å²) in [6.07, 6.45) is 1.11. The van der Waals surface area contributed by atoms with Crippen LogP contribution in [0.15, 0.2) is 40.9 Å². The van der Waals surface area contributed by atoms with E-state index in [-0.39, 0.29) is 0 Å². The highest BCUT2D eigenvalue weighted by atomic mass is 79.9. The van der Waals surface area contributed by atoms with E-state index in [1.807, 2.05) is 36.4 Å². The molecule has 142 valence electrons. The number of rotatable bonds is 10. The van der Waals surface area contributed by atoms with Gasteiger partial charge in [-0.3, -0.25) is 0 Å². The largest absolute Gasteiger partial charge is 0.493 e. The molecule has 0 atom stereocenters. The molecule has 0 saturated heterocycles. The molecule has 2 rings (SSSR count). The zero-order chi connectivity index (χ0) is 18.9. The second-order valence-electron chi connectivity index (χ2n) is 6.31. The predicted molar refractivity (Wildman–Crippen MR) is 111 cm³/mol. The second kappa shape index (κ2) is 10.8. The molecule has 0 heterocycles. The highest BCUT2D eigenvalue weighted by molar-refractivity contribution is 9.10. The molecule has 6 heteroatoms. The highest BCUT2D eigenvalue weighted by Gasteiger charge is 2.11. The average molecular weight is 442 g/mol. The smallest absolute Gasteiger partial charge is 0.162 e. The second-order valence-corrected chi connectivity index (χ2v) is 7.57. The van der Waals surface area contributed by atoms with E-state index in [0.29, 0.717) is 23.1 Å². The quantitative estimate of drug-likeness (QED) is 0.540. The number of benzene rings is 2. The first-order valence-electron chi connectivity index (χ1n) is 8.59. The maximum atomic E-state index is 6.19. The van der Waals surface area contributed by atoms with Crippen LogP contribution >= 0.6 is 27.5 Å². The summed E-state index contributed by atoms with van der Waals surface area (Å²) in [6, 6.07) is 11.6. The van der Waals surface area contributed by atoms with E-state index in [4.69, 9.17) is 21.1 Å². The van der Waals surface area contributed by atoms with Gasteiger partial charge in [-0.2, -0.15) is 0 Å². The van der Waals surface area contributed by atoms with Crippen LogP contribution in [0.1, 0.15) is 17.5 Å². The van der Waals surface area contributed by atoms with Crippen molar-refractivity contribution in [1.29, 1.82) is 0 Å². The highest BCUT2D eigenvalue weighted by Crippen LogP contribution is 2.34. The minimum Gasteiger partial charge on any atom is -0.493 e. The Hall–Kier alpha value is -1.27. The molecular formula is C20H26BrClN2O2. The molecule has 0 radical (unpaired) electrons. The first-order chi connectivity index (χ1) is 12.5. The van der Waals surface area contributed by atoms with E-state index in [0.717, 1.165) is 41.7 Å². The minimum atomic E-state index is 0.393. The van der Waals surface area contributed by atoms with Gasteiger partial charge in [0, 0.05) is 21.6 Å². The van der Waals surface area contributed by atoms with Crippen LogP contribution in [0, 0.1) is 0 Å². The molecule has 1 N–H and O–H groups in total. The van der Waals surface area contributed by atoms with Gasteiger partial charge in [0.2, 0.25) is 0 Å². The monoisotopic (exact) mass is 440 g/mol. The number of halogens is 2. The molecule has 26 heavy (non-hydrogen) atoms. The zero-order valence-corrected chi connectivity index (χ0v) is 17.9. The summed E-state index contributed by atoms with van der Waals surface area (Å²) < 4.78 is 12.4. The van der Waals surface area contributed by atoms with Crippen LogP contribution in [0.2, 0.25) is 5.02 Å². The zero-order valence-electron chi connectivity index (χ0n) is 15.5. The van der Waals surface area contributed by atoms with Crippen molar-refractivity contribution in [3.8, 4) is 11.5 Å². The van der Waals surface area contributed by atoms with Crippen molar-refractivity contribution in [3.05, 3.63) is 57.0 Å². The molecule has 0 aromatic heterocycles. The Balaban J connectivity index is 1.98. The van der Waals surface area contributed by atoms with Gasteiger partial charge >= 0.3 is 0 Å². The van der Waals surface area contributed by atoms with Crippen LogP contribution in [-0.4, -0.2) is 39.2 Å². The van der Waals surface area contributed by atoms with E-state index in [9.17, 15) is 0 Å². The maximum absolute atomic E-state index is 6.19. The summed E-state index contributed by atoms with van der Waals surface area (Å²) in [5.74, 6) is 1.40. The Morgan fingerprint density at radius 1 is 1.12 bits per heavy atom. The summed E-state index contributed by atoms with van der Waals surface area (Å²) >= 11 is 9.82. The number of hydrogen-bond donors (Lipinski definition) is 1. The summed E-state index contributed by atoms with van der Waals surface area (Å²) in [6.45, 7) is 3.21. The molecular weight excluding hydrogens is 416 g/mol. The molecule has 0 aliphatic rings. The molecule has 0 aliphatic heterocycles. The van der Waals surface area contributed by atoms with Gasteiger partial charge in [0.25, 0.3) is 0 Å². The topological polar surface area (TPSA) is 33.7 Å². The van der Waals surface area contributed by atoms with E-state index in [1.54, 1.807) is 7.11 Å². The van der Waals surface area contributed by atoms with E-state index >= 15 is 0 Å². The first-order valence-corrected chi connectivity index (χ1v) is 9.76. The lowest BCUT2D eigenvalue weighted by atomic mass is 10.2. The minimum absolute atomic E-state index is 0.393. The Bertz CT molecular complexity index is 710. The SMILES string of the molecule is COc1cc(CNCCCN(C)C)c(Br)cc1OCc1ccccc1Cl. The van der Waals surface area contributed by atoms with Gasteiger partial charge in [-0.1, -0.05) is 45.7 Å². The van der Waals surface area contributed by atoms with Crippen LogP contribution < -0.4 is 14.8 Å². The third kappa shape index (κ3) is 6.47. The molecule has 0 aliphatic carbocycles. The normalized spacial score (nSPS) is 11.0. The lowest BCUT2D eigenvalue weighted by Crippen LogP contribution is -2.21. The van der Waals surface area contributed by atoms with Crippen molar-refractivity contribution in [3.63, 3.8) is 0 Å². The number of ether oxygens (including phenoxy) is 2. The predicted octanol–water partition coefficient (Wildman–Crippen LogP) is 4.73. The molecule has 0 saturated carbocycles. The molecule has 2 aromatic carbocycles. The van der Waals surface area contributed by atoms with Crippen molar-refractivity contribution in [2.24, 2.45) is 0 Å². The first kappa shape index (κ1) is 21.0. The van der Waals surface area contributed by atoms with Gasteiger partial charge in [0.05, 0.1) is 7.11 Å². The molecule has 2 aromatic rings. The molecule has 4 nitrogen and oxygen atoms in total. The van der Waals surface area contributed by atoms with Gasteiger partial charge in [-0.05, 0) is 57.4 Å². The Kier molecular flexibility index (Phi) is 8.72. The van der Waals surface area contributed by atoms with Crippen molar-refractivity contribution in [2.45, 2.75) is 19.6 Å². The van der Waals surface area contributed by atoms with Crippen LogP contribution in [0.3, 0.4) is 0 Å². The van der Waals surface area contributed by atoms with Gasteiger partial charge in [0.1, 0.15) is 6.61 Å². The summed E-state index contributed by atoms with van der Waals surface area (Å²) in [5.41, 5.74) is 2.08. The number of methoxy groups -OCH3 is 1. The summed E-state index contributed by atoms with van der Waals surface area (Å²) in [5, 5.41) is 4.16. The Morgan fingerprint density at radius 2 is 1.88 bits per heavy atom. The number of hydrogen-bond acceptors (Lipinski definition) is 4. The third-order valence-corrected chi connectivity index (χ3v) is 5.05. The molecule has 0 unspecified atom stereocenters. The fourth-order valence-electron chi connectivity index (χ4n) is 2.50. The van der Waals surface area contributed by atoms with Gasteiger partial charge in [-0.15, -0.1) is 0 Å².